The molecule has 128 valence electrons. The first-order chi connectivity index (χ1) is 11.5. The third-order valence-electron chi connectivity index (χ3n) is 4.67. The van der Waals surface area contributed by atoms with Gasteiger partial charge in [0.25, 0.3) is 0 Å². The Hall–Kier alpha value is -2.23. The predicted molar refractivity (Wildman–Crippen MR) is 78.2 cm³/mol. The van der Waals surface area contributed by atoms with E-state index in [9.17, 15) is 13.2 Å². The highest BCUT2D eigenvalue weighted by atomic mass is 19.4. The average Bonchev–Trinajstić information content (AvgIpc) is 3.08. The minimum absolute atomic E-state index is 0.344. The summed E-state index contributed by atoms with van der Waals surface area (Å²) in [5, 5.41) is 7.72. The number of nitrogens with zero attached hydrogens (tertiary/aromatic N) is 7. The standard InChI is InChI=1S/C14H16F3N7/c15-14(16,17)12-6-13(19-9-18-12)22-7-10-5-11(8-22)24(10)4-3-23-2-1-20-21-23/h1-2,6,9-11H,3-5,7-8H2. The number of piperidine rings is 1. The predicted octanol–water partition coefficient (Wildman–Crippen LogP) is 1.05. The van der Waals surface area contributed by atoms with Gasteiger partial charge in [-0.25, -0.2) is 9.97 Å². The lowest BCUT2D eigenvalue weighted by Crippen LogP contribution is -2.69. The summed E-state index contributed by atoms with van der Waals surface area (Å²) in [5.41, 5.74) is -0.894. The summed E-state index contributed by atoms with van der Waals surface area (Å²) < 4.78 is 40.1. The molecule has 3 aliphatic heterocycles. The lowest BCUT2D eigenvalue weighted by molar-refractivity contribution is -0.141. The van der Waals surface area contributed by atoms with E-state index in [4.69, 9.17) is 0 Å². The van der Waals surface area contributed by atoms with Crippen molar-refractivity contribution in [3.8, 4) is 0 Å². The van der Waals surface area contributed by atoms with Crippen molar-refractivity contribution in [1.29, 1.82) is 0 Å². The lowest BCUT2D eigenvalue weighted by Gasteiger charge is -2.56. The first kappa shape index (κ1) is 15.3. The van der Waals surface area contributed by atoms with Crippen molar-refractivity contribution in [1.82, 2.24) is 29.9 Å². The fraction of sp³-hybridized carbons (Fsp3) is 0.571. The number of anilines is 1. The molecule has 3 aliphatic rings. The topological polar surface area (TPSA) is 63.0 Å². The molecule has 3 fully saturated rings. The molecular weight excluding hydrogens is 323 g/mol. The maximum Gasteiger partial charge on any atom is 0.433 e. The van der Waals surface area contributed by atoms with Gasteiger partial charge in [-0.2, -0.15) is 13.2 Å². The Balaban J connectivity index is 1.39. The van der Waals surface area contributed by atoms with Crippen LogP contribution in [0.3, 0.4) is 0 Å². The van der Waals surface area contributed by atoms with E-state index >= 15 is 0 Å². The van der Waals surface area contributed by atoms with Gasteiger partial charge in [0, 0.05) is 44.0 Å². The molecule has 10 heteroatoms. The Morgan fingerprint density at radius 1 is 1.12 bits per heavy atom. The first-order valence-corrected chi connectivity index (χ1v) is 7.75. The first-order valence-electron chi connectivity index (χ1n) is 7.75. The van der Waals surface area contributed by atoms with Gasteiger partial charge < -0.3 is 4.90 Å². The van der Waals surface area contributed by atoms with E-state index in [0.717, 1.165) is 31.9 Å². The normalized spacial score (nSPS) is 24.0. The smallest absolute Gasteiger partial charge is 0.353 e. The summed E-state index contributed by atoms with van der Waals surface area (Å²) >= 11 is 0. The summed E-state index contributed by atoms with van der Waals surface area (Å²) in [6, 6.07) is 1.72. The third kappa shape index (κ3) is 2.81. The number of halogens is 3. The van der Waals surface area contributed by atoms with E-state index in [-0.39, 0.29) is 0 Å². The van der Waals surface area contributed by atoms with Crippen LogP contribution in [0.25, 0.3) is 0 Å². The van der Waals surface area contributed by atoms with Crippen molar-refractivity contribution in [3.63, 3.8) is 0 Å². The van der Waals surface area contributed by atoms with Crippen molar-refractivity contribution in [2.75, 3.05) is 24.5 Å². The van der Waals surface area contributed by atoms with Crippen molar-refractivity contribution < 1.29 is 13.2 Å². The zero-order valence-electron chi connectivity index (χ0n) is 12.8. The van der Waals surface area contributed by atoms with E-state index in [2.05, 4.69) is 25.2 Å². The number of piperazine rings is 1. The van der Waals surface area contributed by atoms with Gasteiger partial charge in [0.15, 0.2) is 0 Å². The maximum atomic E-state index is 12.8. The molecule has 0 saturated carbocycles. The molecule has 0 N–H and O–H groups in total. The molecule has 0 spiro atoms. The Labute approximate surface area is 136 Å². The lowest BCUT2D eigenvalue weighted by atomic mass is 9.87. The molecule has 2 aromatic heterocycles. The number of fused-ring (bicyclic) bond motifs is 2. The second kappa shape index (κ2) is 5.69. The van der Waals surface area contributed by atoms with Gasteiger partial charge in [0.1, 0.15) is 17.8 Å². The molecule has 0 radical (unpaired) electrons. The number of hydrogen-bond donors (Lipinski definition) is 0. The molecule has 2 atom stereocenters. The average molecular weight is 339 g/mol. The molecule has 7 nitrogen and oxygen atoms in total. The second-order valence-electron chi connectivity index (χ2n) is 6.11. The molecule has 5 rings (SSSR count). The van der Waals surface area contributed by atoms with Gasteiger partial charge in [-0.15, -0.1) is 5.10 Å². The minimum Gasteiger partial charge on any atom is -0.353 e. The van der Waals surface area contributed by atoms with Gasteiger partial charge in [-0.1, -0.05) is 5.21 Å². The largest absolute Gasteiger partial charge is 0.433 e. The molecule has 2 bridgehead atoms. The van der Waals surface area contributed by atoms with E-state index in [1.807, 2.05) is 11.1 Å². The second-order valence-corrected chi connectivity index (χ2v) is 6.11. The van der Waals surface area contributed by atoms with Crippen LogP contribution >= 0.6 is 0 Å². The fourth-order valence-electron chi connectivity index (χ4n) is 3.48. The third-order valence-corrected chi connectivity index (χ3v) is 4.67. The molecule has 0 aliphatic carbocycles. The highest BCUT2D eigenvalue weighted by Crippen LogP contribution is 2.35. The number of aromatic nitrogens is 5. The summed E-state index contributed by atoms with van der Waals surface area (Å²) in [4.78, 5) is 11.6. The van der Waals surface area contributed by atoms with E-state index in [0.29, 0.717) is 31.0 Å². The van der Waals surface area contributed by atoms with Crippen molar-refractivity contribution >= 4 is 5.82 Å². The molecule has 3 saturated heterocycles. The monoisotopic (exact) mass is 339 g/mol. The van der Waals surface area contributed by atoms with Gasteiger partial charge in [0.05, 0.1) is 12.7 Å². The number of rotatable bonds is 4. The maximum absolute atomic E-state index is 12.8. The summed E-state index contributed by atoms with van der Waals surface area (Å²) in [5.74, 6) is 0.350. The van der Waals surface area contributed by atoms with Crippen molar-refractivity contribution in [2.45, 2.75) is 31.2 Å². The van der Waals surface area contributed by atoms with Crippen LogP contribution in [0.5, 0.6) is 0 Å². The summed E-state index contributed by atoms with van der Waals surface area (Å²) in [6.07, 6.45) is 1.08. The molecule has 0 amide bonds. The van der Waals surface area contributed by atoms with E-state index < -0.39 is 11.9 Å². The van der Waals surface area contributed by atoms with Crippen LogP contribution in [-0.2, 0) is 12.7 Å². The highest BCUT2D eigenvalue weighted by Gasteiger charge is 2.45. The van der Waals surface area contributed by atoms with Crippen LogP contribution in [-0.4, -0.2) is 61.6 Å². The zero-order valence-corrected chi connectivity index (χ0v) is 12.8. The quantitative estimate of drug-likeness (QED) is 0.830. The zero-order chi connectivity index (χ0) is 16.7. The van der Waals surface area contributed by atoms with Crippen LogP contribution in [0.4, 0.5) is 19.0 Å². The Kier molecular flexibility index (Phi) is 3.63. The Morgan fingerprint density at radius 2 is 1.92 bits per heavy atom. The molecule has 0 aromatic carbocycles. The Morgan fingerprint density at radius 3 is 2.58 bits per heavy atom. The van der Waals surface area contributed by atoms with Gasteiger partial charge in [-0.05, 0) is 6.42 Å². The molecule has 2 unspecified atom stereocenters. The van der Waals surface area contributed by atoms with Crippen LogP contribution in [0.1, 0.15) is 12.1 Å². The SMILES string of the molecule is FC(F)(F)c1cc(N2CC3CC(C2)N3CCn2ccnn2)ncn1. The van der Waals surface area contributed by atoms with Crippen LogP contribution in [0.2, 0.25) is 0 Å². The van der Waals surface area contributed by atoms with Gasteiger partial charge in [-0.3, -0.25) is 9.58 Å². The van der Waals surface area contributed by atoms with Gasteiger partial charge in [0.2, 0.25) is 0 Å². The van der Waals surface area contributed by atoms with Crippen LogP contribution in [0, 0.1) is 0 Å². The van der Waals surface area contributed by atoms with E-state index in [1.54, 1.807) is 10.9 Å². The molecule has 5 heterocycles. The minimum atomic E-state index is -4.44. The number of hydrogen-bond acceptors (Lipinski definition) is 6. The highest BCUT2D eigenvalue weighted by molar-refractivity contribution is 5.42. The number of alkyl halides is 3. The molecular formula is C14H16F3N7. The van der Waals surface area contributed by atoms with Crippen LogP contribution < -0.4 is 4.90 Å². The fourth-order valence-corrected chi connectivity index (χ4v) is 3.48. The van der Waals surface area contributed by atoms with E-state index in [1.165, 1.54) is 0 Å². The van der Waals surface area contributed by atoms with Crippen molar-refractivity contribution in [2.24, 2.45) is 0 Å². The Bertz CT molecular complexity index is 691. The summed E-state index contributed by atoms with van der Waals surface area (Å²) in [6.45, 7) is 2.99. The van der Waals surface area contributed by atoms with Crippen molar-refractivity contribution in [3.05, 3.63) is 30.5 Å². The van der Waals surface area contributed by atoms with Gasteiger partial charge >= 0.3 is 6.18 Å². The molecule has 24 heavy (non-hydrogen) atoms. The van der Waals surface area contributed by atoms with Crippen LogP contribution in [0.15, 0.2) is 24.8 Å². The summed E-state index contributed by atoms with van der Waals surface area (Å²) in [7, 11) is 0. The molecule has 2 aromatic rings.